The lowest BCUT2D eigenvalue weighted by Gasteiger charge is -2.25. The summed E-state index contributed by atoms with van der Waals surface area (Å²) in [5, 5.41) is 9.89. The molecule has 1 atom stereocenters. The zero-order chi connectivity index (χ0) is 15.0. The number of alkyl halides is 3. The van der Waals surface area contributed by atoms with Crippen LogP contribution in [0.5, 0.6) is 0 Å². The van der Waals surface area contributed by atoms with Crippen molar-refractivity contribution in [2.45, 2.75) is 40.0 Å². The predicted octanol–water partition coefficient (Wildman–Crippen LogP) is 3.60. The fraction of sp³-hybridized carbons (Fsp3) is 0.500. The second-order valence-electron chi connectivity index (χ2n) is 5.66. The number of Topliss-reactive ketones (excluding diaryl/α,β-unsaturated/α-hetero) is 1. The van der Waals surface area contributed by atoms with Crippen molar-refractivity contribution in [1.82, 2.24) is 0 Å². The van der Waals surface area contributed by atoms with E-state index in [1.807, 2.05) is 0 Å². The van der Waals surface area contributed by atoms with Gasteiger partial charge in [-0.15, -0.1) is 0 Å². The highest BCUT2D eigenvalue weighted by atomic mass is 19.4. The first-order valence-electron chi connectivity index (χ1n) is 5.84. The minimum Gasteiger partial charge on any atom is -0.384 e. The van der Waals surface area contributed by atoms with Gasteiger partial charge in [0.25, 0.3) is 0 Å². The Hall–Kier alpha value is -1.36. The van der Waals surface area contributed by atoms with Gasteiger partial charge in [-0.3, -0.25) is 4.79 Å². The van der Waals surface area contributed by atoms with E-state index in [4.69, 9.17) is 0 Å². The molecule has 0 aliphatic carbocycles. The lowest BCUT2D eigenvalue weighted by Crippen LogP contribution is -2.34. The van der Waals surface area contributed by atoms with Crippen LogP contribution in [0.25, 0.3) is 0 Å². The number of aryl methyl sites for hydroxylation is 1. The quantitative estimate of drug-likeness (QED) is 0.837. The molecule has 19 heavy (non-hydrogen) atoms. The summed E-state index contributed by atoms with van der Waals surface area (Å²) < 4.78 is 37.5. The van der Waals surface area contributed by atoms with Crippen LogP contribution in [0.3, 0.4) is 0 Å². The van der Waals surface area contributed by atoms with Crippen LogP contribution in [0.4, 0.5) is 13.2 Å². The number of rotatable bonds is 2. The van der Waals surface area contributed by atoms with Gasteiger partial charge in [0.1, 0.15) is 6.10 Å². The Labute approximate surface area is 110 Å². The molecule has 0 saturated carbocycles. The maximum atomic E-state index is 12.5. The lowest BCUT2D eigenvalue weighted by atomic mass is 9.83. The molecule has 5 heteroatoms. The summed E-state index contributed by atoms with van der Waals surface area (Å²) in [5.41, 5.74) is -1.13. The minimum absolute atomic E-state index is 0.121. The van der Waals surface area contributed by atoms with E-state index in [0.29, 0.717) is 0 Å². The van der Waals surface area contributed by atoms with Crippen LogP contribution >= 0.6 is 0 Å². The van der Waals surface area contributed by atoms with E-state index in [2.05, 4.69) is 0 Å². The van der Waals surface area contributed by atoms with Gasteiger partial charge in [-0.25, -0.2) is 0 Å². The average molecular weight is 274 g/mol. The van der Waals surface area contributed by atoms with Crippen molar-refractivity contribution in [3.63, 3.8) is 0 Å². The third kappa shape index (κ3) is 3.56. The first-order valence-corrected chi connectivity index (χ1v) is 5.84. The fourth-order valence-electron chi connectivity index (χ4n) is 1.66. The number of aliphatic hydroxyl groups excluding tert-OH is 1. The molecule has 0 fully saturated rings. The van der Waals surface area contributed by atoms with Gasteiger partial charge in [0, 0.05) is 5.56 Å². The van der Waals surface area contributed by atoms with E-state index in [0.717, 1.165) is 18.2 Å². The Morgan fingerprint density at radius 1 is 1.21 bits per heavy atom. The number of halogens is 3. The smallest absolute Gasteiger partial charge is 0.384 e. The molecule has 0 amide bonds. The molecule has 0 saturated heterocycles. The van der Waals surface area contributed by atoms with Gasteiger partial charge >= 0.3 is 6.18 Å². The maximum absolute atomic E-state index is 12.5. The third-order valence-electron chi connectivity index (χ3n) is 2.89. The highest BCUT2D eigenvalue weighted by Crippen LogP contribution is 2.31. The first-order chi connectivity index (χ1) is 8.44. The molecule has 1 aromatic carbocycles. The molecule has 0 spiro atoms. The van der Waals surface area contributed by atoms with Gasteiger partial charge in [0.2, 0.25) is 0 Å². The van der Waals surface area contributed by atoms with Gasteiger partial charge in [-0.1, -0.05) is 26.8 Å². The van der Waals surface area contributed by atoms with Crippen molar-refractivity contribution in [1.29, 1.82) is 0 Å². The van der Waals surface area contributed by atoms with E-state index >= 15 is 0 Å². The summed E-state index contributed by atoms with van der Waals surface area (Å²) in [7, 11) is 0. The minimum atomic E-state index is -4.44. The van der Waals surface area contributed by atoms with E-state index in [1.165, 1.54) is 6.92 Å². The van der Waals surface area contributed by atoms with Gasteiger partial charge in [-0.2, -0.15) is 13.2 Å². The number of carbonyl (C=O) groups excluding carboxylic acids is 1. The Bertz CT molecular complexity index is 484. The summed E-state index contributed by atoms with van der Waals surface area (Å²) >= 11 is 0. The Balaban J connectivity index is 3.14. The Morgan fingerprint density at radius 3 is 2.11 bits per heavy atom. The summed E-state index contributed by atoms with van der Waals surface area (Å²) in [6.07, 6.45) is -5.68. The zero-order valence-electron chi connectivity index (χ0n) is 11.3. The molecule has 1 N–H and O–H groups in total. The molecule has 1 unspecified atom stereocenters. The topological polar surface area (TPSA) is 37.3 Å². The molecular formula is C14H17F3O2. The summed E-state index contributed by atoms with van der Waals surface area (Å²) in [4.78, 5) is 12.0. The van der Waals surface area contributed by atoms with Gasteiger partial charge < -0.3 is 5.11 Å². The standard InChI is InChI=1S/C14H17F3O2/c1-8-7-9(14(15,16)17)5-6-10(8)11(18)12(19)13(2,3)4/h5-7,12,19H,1-4H3. The van der Waals surface area contributed by atoms with Crippen molar-refractivity contribution >= 4 is 5.78 Å². The van der Waals surface area contributed by atoms with E-state index in [1.54, 1.807) is 20.8 Å². The second kappa shape index (κ2) is 4.96. The predicted molar refractivity (Wildman–Crippen MR) is 66.0 cm³/mol. The van der Waals surface area contributed by atoms with Gasteiger partial charge in [0.05, 0.1) is 5.56 Å². The SMILES string of the molecule is Cc1cc(C(F)(F)F)ccc1C(=O)C(O)C(C)(C)C. The fourth-order valence-corrected chi connectivity index (χ4v) is 1.66. The number of hydrogen-bond donors (Lipinski definition) is 1. The summed E-state index contributed by atoms with van der Waals surface area (Å²) in [6.45, 7) is 6.50. The van der Waals surface area contributed by atoms with Crippen molar-refractivity contribution in [2.75, 3.05) is 0 Å². The van der Waals surface area contributed by atoms with Crippen molar-refractivity contribution in [3.8, 4) is 0 Å². The number of benzene rings is 1. The highest BCUT2D eigenvalue weighted by Gasteiger charge is 2.33. The monoisotopic (exact) mass is 274 g/mol. The third-order valence-corrected chi connectivity index (χ3v) is 2.89. The molecule has 0 radical (unpaired) electrons. The normalized spacial score (nSPS) is 14.3. The van der Waals surface area contributed by atoms with Crippen LogP contribution < -0.4 is 0 Å². The molecule has 0 heterocycles. The maximum Gasteiger partial charge on any atom is 0.416 e. The number of carbonyl (C=O) groups is 1. The molecule has 2 nitrogen and oxygen atoms in total. The zero-order valence-corrected chi connectivity index (χ0v) is 11.3. The van der Waals surface area contributed by atoms with Gasteiger partial charge in [0.15, 0.2) is 5.78 Å². The van der Waals surface area contributed by atoms with Crippen LogP contribution in [-0.4, -0.2) is 17.0 Å². The average Bonchev–Trinajstić information content (AvgIpc) is 2.24. The van der Waals surface area contributed by atoms with Crippen molar-refractivity contribution in [2.24, 2.45) is 5.41 Å². The molecule has 1 aromatic rings. The molecule has 0 bridgehead atoms. The van der Waals surface area contributed by atoms with Crippen LogP contribution in [0.15, 0.2) is 18.2 Å². The molecule has 0 aliphatic rings. The van der Waals surface area contributed by atoms with Crippen molar-refractivity contribution in [3.05, 3.63) is 34.9 Å². The van der Waals surface area contributed by atoms with E-state index < -0.39 is 29.0 Å². The number of aliphatic hydroxyl groups is 1. The molecule has 0 aliphatic heterocycles. The first kappa shape index (κ1) is 15.7. The van der Waals surface area contributed by atoms with Crippen molar-refractivity contribution < 1.29 is 23.1 Å². The lowest BCUT2D eigenvalue weighted by molar-refractivity contribution is -0.137. The molecular weight excluding hydrogens is 257 g/mol. The Kier molecular flexibility index (Phi) is 4.10. The van der Waals surface area contributed by atoms with Crippen LogP contribution in [-0.2, 0) is 6.18 Å². The van der Waals surface area contributed by atoms with Crippen LogP contribution in [0.2, 0.25) is 0 Å². The second-order valence-corrected chi connectivity index (χ2v) is 5.66. The molecule has 0 aromatic heterocycles. The summed E-state index contributed by atoms with van der Waals surface area (Å²) in [5.74, 6) is -0.557. The van der Waals surface area contributed by atoms with E-state index in [9.17, 15) is 23.1 Å². The highest BCUT2D eigenvalue weighted by molar-refractivity contribution is 6.01. The largest absolute Gasteiger partial charge is 0.416 e. The molecule has 106 valence electrons. The van der Waals surface area contributed by atoms with Crippen LogP contribution in [0.1, 0.15) is 42.3 Å². The Morgan fingerprint density at radius 2 is 1.74 bits per heavy atom. The number of hydrogen-bond acceptors (Lipinski definition) is 2. The molecule has 1 rings (SSSR count). The summed E-state index contributed by atoms with van der Waals surface area (Å²) in [6, 6.07) is 2.90. The van der Waals surface area contributed by atoms with E-state index in [-0.39, 0.29) is 11.1 Å². The van der Waals surface area contributed by atoms with Gasteiger partial charge in [-0.05, 0) is 30.0 Å². The van der Waals surface area contributed by atoms with Crippen LogP contribution in [0, 0.1) is 12.3 Å². The number of ketones is 1.